The average molecular weight is 1330 g/mol. The molecule has 14 atom stereocenters. The van der Waals surface area contributed by atoms with Gasteiger partial charge < -0.3 is 65.6 Å². The summed E-state index contributed by atoms with van der Waals surface area (Å²) in [7, 11) is 9.93. The number of nitrogens with one attached hydrogen (secondary N) is 4. The normalized spacial score (nSPS) is 27.7. The highest BCUT2D eigenvalue weighted by Crippen LogP contribution is 2.26. The zero-order chi connectivity index (χ0) is 72.4. The van der Waals surface area contributed by atoms with Gasteiger partial charge in [-0.2, -0.15) is 0 Å². The second-order valence-electron chi connectivity index (χ2n) is 28.6. The molecule has 0 spiro atoms. The summed E-state index contributed by atoms with van der Waals surface area (Å²) in [6.07, 6.45) is 2.75. The van der Waals surface area contributed by atoms with Gasteiger partial charge in [-0.15, -0.1) is 0 Å². The van der Waals surface area contributed by atoms with Gasteiger partial charge in [0.15, 0.2) is 0 Å². The van der Waals surface area contributed by atoms with Crippen LogP contribution in [0.15, 0.2) is 12.2 Å². The SMILES string of the molecule is C/C=C/C[C@@H](C)[C@@H](O)[C@H]1C(=O)N[C@@H](CC)C(=O)N(C)[C@H](C)C(=O)N(C)[C@@H]([C@H](C)CN2CCN(C(C)=O)CC2)C(=O)N[C@@H](C(C)C)C(=O)N(C)[C@@H](CC(C)C)C(=O)N[C@@H](C)C(=O)N[C@H](C)C(=O)N(C)[C@@H](CC(C)C)C(=O)N(C)[C@@H](CC(C)C)C(=O)N(C)[C@@H](C(C)C)C(=O)N1C. The Morgan fingerprint density at radius 2 is 0.936 bits per heavy atom. The predicted molar refractivity (Wildman–Crippen MR) is 361 cm³/mol. The molecule has 0 bridgehead atoms. The van der Waals surface area contributed by atoms with E-state index in [0.717, 1.165) is 9.80 Å². The largest absolute Gasteiger partial charge is 0.390 e. The highest BCUT2D eigenvalue weighted by atomic mass is 16.3. The van der Waals surface area contributed by atoms with Crippen molar-refractivity contribution in [2.45, 2.75) is 229 Å². The van der Waals surface area contributed by atoms with Crippen molar-refractivity contribution in [1.82, 2.24) is 65.4 Å². The lowest BCUT2D eigenvalue weighted by atomic mass is 9.91. The molecule has 2 rings (SSSR count). The fourth-order valence-electron chi connectivity index (χ4n) is 12.6. The molecule has 5 N–H and O–H groups in total. The van der Waals surface area contributed by atoms with Crippen molar-refractivity contribution in [2.75, 3.05) is 82.1 Å². The summed E-state index contributed by atoms with van der Waals surface area (Å²) in [5.74, 6) is -10.7. The summed E-state index contributed by atoms with van der Waals surface area (Å²) in [4.78, 5) is 188. The molecule has 0 aromatic rings. The van der Waals surface area contributed by atoms with E-state index in [1.54, 1.807) is 72.4 Å². The van der Waals surface area contributed by atoms with E-state index in [1.807, 2.05) is 41.5 Å². The van der Waals surface area contributed by atoms with Crippen LogP contribution in [0.1, 0.15) is 157 Å². The van der Waals surface area contributed by atoms with Gasteiger partial charge in [-0.1, -0.05) is 102 Å². The van der Waals surface area contributed by atoms with Crippen LogP contribution < -0.4 is 21.3 Å². The zero-order valence-electron chi connectivity index (χ0n) is 61.6. The molecule has 2 saturated heterocycles. The Balaban J connectivity index is 3.06. The quantitative estimate of drug-likeness (QED) is 0.139. The summed E-state index contributed by atoms with van der Waals surface area (Å²) in [5, 5.41) is 23.4. The number of hydrogen-bond acceptors (Lipinski definition) is 14. The molecular weight excluding hydrogens is 1210 g/mol. The van der Waals surface area contributed by atoms with Gasteiger partial charge in [-0.05, 0) is 101 Å². The van der Waals surface area contributed by atoms with Crippen molar-refractivity contribution in [1.29, 1.82) is 0 Å². The minimum absolute atomic E-state index is 0.0116. The van der Waals surface area contributed by atoms with E-state index in [-0.39, 0.29) is 55.9 Å². The molecule has 536 valence electrons. The first-order valence-electron chi connectivity index (χ1n) is 33.9. The lowest BCUT2D eigenvalue weighted by Gasteiger charge is -2.41. The van der Waals surface area contributed by atoms with E-state index in [2.05, 4.69) is 26.2 Å². The van der Waals surface area contributed by atoms with Crippen LogP contribution in [-0.2, 0) is 57.5 Å². The van der Waals surface area contributed by atoms with Crippen LogP contribution in [0.5, 0.6) is 0 Å². The Morgan fingerprint density at radius 1 is 0.489 bits per heavy atom. The van der Waals surface area contributed by atoms with Crippen LogP contribution in [-0.4, -0.2) is 275 Å². The third-order valence-corrected chi connectivity index (χ3v) is 18.7. The molecule has 12 amide bonds. The van der Waals surface area contributed by atoms with E-state index < -0.39 is 161 Å². The molecule has 2 fully saturated rings. The Hall–Kier alpha value is -6.70. The van der Waals surface area contributed by atoms with Crippen molar-refractivity contribution >= 4 is 70.9 Å². The predicted octanol–water partition coefficient (Wildman–Crippen LogP) is 2.41. The van der Waals surface area contributed by atoms with Crippen LogP contribution >= 0.6 is 0 Å². The highest BCUT2D eigenvalue weighted by molar-refractivity contribution is 6.00. The number of piperazine rings is 1. The fourth-order valence-corrected chi connectivity index (χ4v) is 12.6. The zero-order valence-corrected chi connectivity index (χ0v) is 61.6. The Morgan fingerprint density at radius 3 is 1.40 bits per heavy atom. The molecule has 0 radical (unpaired) electrons. The van der Waals surface area contributed by atoms with E-state index in [0.29, 0.717) is 32.6 Å². The highest BCUT2D eigenvalue weighted by Gasteiger charge is 2.47. The first-order chi connectivity index (χ1) is 43.5. The number of aliphatic hydroxyl groups is 1. The second-order valence-corrected chi connectivity index (χ2v) is 28.6. The van der Waals surface area contributed by atoms with E-state index in [9.17, 15) is 33.9 Å². The lowest BCUT2D eigenvalue weighted by Crippen LogP contribution is -2.64. The summed E-state index contributed by atoms with van der Waals surface area (Å²) < 4.78 is 0. The first kappa shape index (κ1) is 83.4. The summed E-state index contributed by atoms with van der Waals surface area (Å²) >= 11 is 0. The smallest absolute Gasteiger partial charge is 0.246 e. The molecule has 26 nitrogen and oxygen atoms in total. The van der Waals surface area contributed by atoms with Gasteiger partial charge in [0.05, 0.1) is 6.10 Å². The topological polar surface area (TPSA) is 302 Å². The number of allylic oxidation sites excluding steroid dienone is 2. The Kier molecular flexibility index (Phi) is 33.3. The molecule has 0 saturated carbocycles. The maximum Gasteiger partial charge on any atom is 0.246 e. The molecule has 94 heavy (non-hydrogen) atoms. The second kappa shape index (κ2) is 37.6. The minimum Gasteiger partial charge on any atom is -0.390 e. The number of likely N-dealkylation sites (N-methyl/N-ethyl adjacent to an activating group) is 7. The number of carbonyl (C=O) groups is 12. The summed E-state index contributed by atoms with van der Waals surface area (Å²) in [6, 6.07) is -14.1. The van der Waals surface area contributed by atoms with Crippen molar-refractivity contribution < 1.29 is 62.6 Å². The van der Waals surface area contributed by atoms with Gasteiger partial charge in [-0.3, -0.25) is 62.4 Å². The number of amides is 12. The van der Waals surface area contributed by atoms with Crippen molar-refractivity contribution in [2.24, 2.45) is 41.4 Å². The van der Waals surface area contributed by atoms with Gasteiger partial charge in [0, 0.05) is 89.0 Å². The van der Waals surface area contributed by atoms with E-state index >= 15 is 28.8 Å². The minimum atomic E-state index is -1.64. The molecule has 0 aromatic heterocycles. The van der Waals surface area contributed by atoms with Gasteiger partial charge in [0.25, 0.3) is 0 Å². The van der Waals surface area contributed by atoms with Crippen molar-refractivity contribution in [3.63, 3.8) is 0 Å². The van der Waals surface area contributed by atoms with Crippen molar-refractivity contribution in [3.8, 4) is 0 Å². The van der Waals surface area contributed by atoms with Crippen LogP contribution in [0.3, 0.4) is 0 Å². The monoisotopic (exact) mass is 1330 g/mol. The van der Waals surface area contributed by atoms with Crippen LogP contribution in [0, 0.1) is 41.4 Å². The Bertz CT molecular complexity index is 2640. The van der Waals surface area contributed by atoms with Crippen LogP contribution in [0.25, 0.3) is 0 Å². The van der Waals surface area contributed by atoms with Crippen LogP contribution in [0.2, 0.25) is 0 Å². The molecule has 0 unspecified atom stereocenters. The van der Waals surface area contributed by atoms with Gasteiger partial charge in [-0.25, -0.2) is 0 Å². The lowest BCUT2D eigenvalue weighted by molar-refractivity contribution is -0.157. The van der Waals surface area contributed by atoms with E-state index in [1.165, 1.54) is 102 Å². The third kappa shape index (κ3) is 22.2. The van der Waals surface area contributed by atoms with Gasteiger partial charge >= 0.3 is 0 Å². The van der Waals surface area contributed by atoms with E-state index in [4.69, 9.17) is 0 Å². The average Bonchev–Trinajstić information content (AvgIpc) is 0.812. The molecule has 0 aliphatic carbocycles. The summed E-state index contributed by atoms with van der Waals surface area (Å²) in [5.41, 5.74) is 0. The number of aliphatic hydroxyl groups excluding tert-OH is 1. The molecule has 26 heteroatoms. The maximum atomic E-state index is 15.3. The van der Waals surface area contributed by atoms with Crippen LogP contribution in [0.4, 0.5) is 0 Å². The number of nitrogens with zero attached hydrogens (tertiary/aromatic N) is 9. The fraction of sp³-hybridized carbons (Fsp3) is 0.794. The number of hydrogen-bond donors (Lipinski definition) is 5. The standard InChI is InChI=1S/C68H121N13O13/c1-26-28-29-43(13)57(83)56-61(87)71-49(27-2)64(90)73(19)47(17)63(89)78(24)55(44(14)37-80-30-32-81(33-31-80)48(18)82)60(86)72-53(41(9)10)67(93)74(20)50(34-38(3)4)59(85)69-45(15)58(84)70-46(16)62(88)75(21)51(35-39(5)6)65(91)76(22)52(36-40(7)8)66(92)77(23)54(42(11)12)68(94)79(56)25/h26,28,38-47,49-57,83H,27,29-37H2,1-25H3,(H,69,85)(H,70,84)(H,71,87)(H,72,86)/b28-26+/t43-,44-,45+,46-,47-,49+,50+,51+,52+,53+,54+,55+,56+,57-/m1/s1. The maximum absolute atomic E-state index is 15.3. The van der Waals surface area contributed by atoms with Gasteiger partial charge in [0.1, 0.15) is 66.5 Å². The molecule has 2 heterocycles. The molecule has 2 aliphatic rings. The number of rotatable bonds is 16. The molecular formula is C68H121N13O13. The first-order valence-corrected chi connectivity index (χ1v) is 33.9. The van der Waals surface area contributed by atoms with Gasteiger partial charge in [0.2, 0.25) is 70.9 Å². The Labute approximate surface area is 561 Å². The summed E-state index contributed by atoms with van der Waals surface area (Å²) in [6.45, 7) is 33.0. The molecule has 2 aliphatic heterocycles. The molecule has 0 aromatic carbocycles. The number of carbonyl (C=O) groups excluding carboxylic acids is 12. The third-order valence-electron chi connectivity index (χ3n) is 18.7. The van der Waals surface area contributed by atoms with Crippen molar-refractivity contribution in [3.05, 3.63) is 12.2 Å².